The van der Waals surface area contributed by atoms with Gasteiger partial charge in [-0.05, 0) is 30.0 Å². The quantitative estimate of drug-likeness (QED) is 0.329. The standard InChI is InChI=1S/C28H32O12/c1-11-20(31)37-18-16(30)26-17-14(29)15(24(2,3)4)25(26)19(36-10-12-6-8-13(35-5)9-7-12)21(32)39-23(25)40-28(26,22(33)38-17)27(11,18)34/h6-9,11,14-19,23,29-30,34H,10H2,1-5H3/t11-,14-,15+,16+,17?,18?,19+,23?,25?,26?,27-,28?/m1/s1. The Labute approximate surface area is 229 Å². The van der Waals surface area contributed by atoms with Gasteiger partial charge in [0.15, 0.2) is 17.8 Å². The van der Waals surface area contributed by atoms with Crippen molar-refractivity contribution in [1.82, 2.24) is 0 Å². The average Bonchev–Trinajstić information content (AvgIpc) is 3.59. The number of methoxy groups -OCH3 is 1. The summed E-state index contributed by atoms with van der Waals surface area (Å²) in [5, 5.41) is 36.2. The van der Waals surface area contributed by atoms with E-state index in [-0.39, 0.29) is 6.61 Å². The van der Waals surface area contributed by atoms with Crippen LogP contribution in [0, 0.1) is 28.1 Å². The molecule has 12 atom stereocenters. The fourth-order valence-electron chi connectivity index (χ4n) is 9.35. The number of ether oxygens (including phenoxy) is 6. The fraction of sp³-hybridized carbons (Fsp3) is 0.679. The fourth-order valence-corrected chi connectivity index (χ4v) is 9.35. The third kappa shape index (κ3) is 2.36. The molecule has 6 unspecified atom stereocenters. The predicted octanol–water partition coefficient (Wildman–Crippen LogP) is -0.166. The van der Waals surface area contributed by atoms with Crippen molar-refractivity contribution in [3.05, 3.63) is 29.8 Å². The van der Waals surface area contributed by atoms with Crippen molar-refractivity contribution in [2.75, 3.05) is 7.11 Å². The van der Waals surface area contributed by atoms with Crippen LogP contribution in [-0.4, -0.2) is 88.3 Å². The Morgan fingerprint density at radius 1 is 0.975 bits per heavy atom. The number of aliphatic hydroxyl groups excluding tert-OH is 2. The number of carbonyl (C=O) groups excluding carboxylic acids is 3. The first kappa shape index (κ1) is 26.1. The highest BCUT2D eigenvalue weighted by Gasteiger charge is 3.05. The summed E-state index contributed by atoms with van der Waals surface area (Å²) in [4.78, 5) is 40.1. The van der Waals surface area contributed by atoms with Gasteiger partial charge in [-0.1, -0.05) is 32.9 Å². The number of hydrogen-bond donors (Lipinski definition) is 3. The monoisotopic (exact) mass is 560 g/mol. The van der Waals surface area contributed by atoms with Crippen LogP contribution < -0.4 is 4.74 Å². The van der Waals surface area contributed by atoms with E-state index < -0.39 is 94.0 Å². The summed E-state index contributed by atoms with van der Waals surface area (Å²) in [7, 11) is 1.54. The second kappa shape index (κ2) is 7.54. The number of esters is 3. The minimum Gasteiger partial charge on any atom is -0.497 e. The van der Waals surface area contributed by atoms with Crippen molar-refractivity contribution >= 4 is 17.9 Å². The Morgan fingerprint density at radius 3 is 2.27 bits per heavy atom. The molecule has 1 aromatic carbocycles. The molecular formula is C28H32O12. The van der Waals surface area contributed by atoms with E-state index in [0.29, 0.717) is 11.3 Å². The number of hydrogen-bond acceptors (Lipinski definition) is 12. The van der Waals surface area contributed by atoms with Crippen molar-refractivity contribution < 1.29 is 58.1 Å². The first-order valence-corrected chi connectivity index (χ1v) is 13.4. The van der Waals surface area contributed by atoms with Crippen LogP contribution >= 0.6 is 0 Å². The lowest BCUT2D eigenvalue weighted by Gasteiger charge is -2.48. The molecule has 4 saturated heterocycles. The number of rotatable bonds is 4. The lowest BCUT2D eigenvalue weighted by molar-refractivity contribution is -0.240. The van der Waals surface area contributed by atoms with E-state index in [1.807, 2.05) is 20.8 Å². The molecule has 216 valence electrons. The maximum absolute atomic E-state index is 13.9. The molecule has 1 aromatic rings. The summed E-state index contributed by atoms with van der Waals surface area (Å²) in [5.74, 6) is -4.24. The molecule has 12 heteroatoms. The second-order valence-electron chi connectivity index (χ2n) is 12.9. The zero-order chi connectivity index (χ0) is 28.8. The Hall–Kier alpha value is -2.77. The van der Waals surface area contributed by atoms with Crippen LogP contribution in [0.2, 0.25) is 0 Å². The molecule has 0 bridgehead atoms. The molecule has 4 aliphatic heterocycles. The zero-order valence-corrected chi connectivity index (χ0v) is 22.7. The summed E-state index contributed by atoms with van der Waals surface area (Å²) in [5.41, 5.74) is -8.50. The van der Waals surface area contributed by atoms with Crippen LogP contribution in [0.1, 0.15) is 33.3 Å². The van der Waals surface area contributed by atoms with Gasteiger partial charge in [-0.3, -0.25) is 4.79 Å². The van der Waals surface area contributed by atoms with E-state index in [4.69, 9.17) is 28.4 Å². The number of fused-ring (bicyclic) bond motifs is 1. The molecular weight excluding hydrogens is 528 g/mol. The second-order valence-corrected chi connectivity index (χ2v) is 12.9. The Bertz CT molecular complexity index is 1320. The first-order valence-electron chi connectivity index (χ1n) is 13.4. The minimum absolute atomic E-state index is 0.0665. The summed E-state index contributed by atoms with van der Waals surface area (Å²) < 4.78 is 34.9. The zero-order valence-electron chi connectivity index (χ0n) is 22.7. The highest BCUT2D eigenvalue weighted by molar-refractivity contribution is 5.94. The van der Waals surface area contributed by atoms with Crippen LogP contribution in [-0.2, 0) is 44.7 Å². The maximum atomic E-state index is 13.9. The maximum Gasteiger partial charge on any atom is 0.343 e. The molecule has 4 heterocycles. The third-order valence-electron chi connectivity index (χ3n) is 10.5. The highest BCUT2D eigenvalue weighted by Crippen LogP contribution is 2.84. The van der Waals surface area contributed by atoms with E-state index in [1.54, 1.807) is 31.4 Å². The topological polar surface area (TPSA) is 167 Å². The number of carbonyl (C=O) groups is 3. The number of aliphatic hydroxyl groups is 3. The summed E-state index contributed by atoms with van der Waals surface area (Å²) >= 11 is 0. The van der Waals surface area contributed by atoms with E-state index >= 15 is 0 Å². The molecule has 0 radical (unpaired) electrons. The highest BCUT2D eigenvalue weighted by atomic mass is 16.8. The van der Waals surface area contributed by atoms with E-state index in [2.05, 4.69) is 0 Å². The van der Waals surface area contributed by atoms with Crippen LogP contribution in [0.25, 0.3) is 0 Å². The third-order valence-corrected chi connectivity index (χ3v) is 10.5. The van der Waals surface area contributed by atoms with Gasteiger partial charge in [-0.2, -0.15) is 0 Å². The first-order chi connectivity index (χ1) is 18.8. The van der Waals surface area contributed by atoms with E-state index in [9.17, 15) is 29.7 Å². The molecule has 7 rings (SSSR count). The van der Waals surface area contributed by atoms with Gasteiger partial charge < -0.3 is 43.7 Å². The van der Waals surface area contributed by atoms with E-state index in [0.717, 1.165) is 0 Å². The summed E-state index contributed by atoms with van der Waals surface area (Å²) in [6, 6.07) is 6.99. The van der Waals surface area contributed by atoms with Crippen LogP contribution in [0.4, 0.5) is 0 Å². The van der Waals surface area contributed by atoms with Gasteiger partial charge in [0.05, 0.1) is 36.6 Å². The van der Waals surface area contributed by atoms with Gasteiger partial charge >= 0.3 is 17.9 Å². The molecule has 0 aromatic heterocycles. The van der Waals surface area contributed by atoms with Gasteiger partial charge in [0.2, 0.25) is 11.9 Å². The van der Waals surface area contributed by atoms with Crippen molar-refractivity contribution in [2.24, 2.45) is 28.1 Å². The van der Waals surface area contributed by atoms with Crippen molar-refractivity contribution in [3.8, 4) is 5.75 Å². The molecule has 2 aliphatic carbocycles. The summed E-state index contributed by atoms with van der Waals surface area (Å²) in [6.45, 7) is 6.84. The molecule has 3 N–H and O–H groups in total. The van der Waals surface area contributed by atoms with Gasteiger partial charge in [-0.25, -0.2) is 9.59 Å². The summed E-state index contributed by atoms with van der Waals surface area (Å²) in [6.07, 6.45) is -9.10. The Morgan fingerprint density at radius 2 is 1.65 bits per heavy atom. The number of benzene rings is 1. The molecule has 2 spiro atoms. The molecule has 6 fully saturated rings. The van der Waals surface area contributed by atoms with Gasteiger partial charge in [0, 0.05) is 5.92 Å². The molecule has 2 saturated carbocycles. The molecule has 12 nitrogen and oxygen atoms in total. The Kier molecular flexibility index (Phi) is 4.93. The lowest BCUT2D eigenvalue weighted by Crippen LogP contribution is -2.67. The van der Waals surface area contributed by atoms with Crippen LogP contribution in [0.15, 0.2) is 24.3 Å². The smallest absolute Gasteiger partial charge is 0.343 e. The normalized spacial score (nSPS) is 49.8. The SMILES string of the molecule is COc1ccc(CO[C@H]2C(=O)OC3OC45C(=O)OC6[C@H](O)[C@@H](C(C)(C)C)C32C64[C@@H](O)C2OC(=O)[C@@H](C)[C@@]25O)cc1. The van der Waals surface area contributed by atoms with Crippen molar-refractivity contribution in [3.63, 3.8) is 0 Å². The molecule has 0 amide bonds. The Balaban J connectivity index is 1.45. The van der Waals surface area contributed by atoms with Gasteiger partial charge in [-0.15, -0.1) is 0 Å². The van der Waals surface area contributed by atoms with Crippen molar-refractivity contribution in [2.45, 2.75) is 82.3 Å². The average molecular weight is 561 g/mol. The van der Waals surface area contributed by atoms with Gasteiger partial charge in [0.1, 0.15) is 18.0 Å². The van der Waals surface area contributed by atoms with Crippen LogP contribution in [0.5, 0.6) is 5.75 Å². The minimum atomic E-state index is -2.38. The van der Waals surface area contributed by atoms with Crippen LogP contribution in [0.3, 0.4) is 0 Å². The molecule has 6 aliphatic rings. The largest absolute Gasteiger partial charge is 0.497 e. The van der Waals surface area contributed by atoms with Crippen molar-refractivity contribution in [1.29, 1.82) is 0 Å². The van der Waals surface area contributed by atoms with Gasteiger partial charge in [0.25, 0.3) is 0 Å². The molecule has 40 heavy (non-hydrogen) atoms. The van der Waals surface area contributed by atoms with E-state index in [1.165, 1.54) is 6.92 Å². The predicted molar refractivity (Wildman–Crippen MR) is 129 cm³/mol. The lowest BCUT2D eigenvalue weighted by atomic mass is 9.51.